The number of rotatable bonds is 5. The van der Waals surface area contributed by atoms with Gasteiger partial charge in [-0.2, -0.15) is 0 Å². The zero-order chi connectivity index (χ0) is 17.9. The Labute approximate surface area is 150 Å². The topological polar surface area (TPSA) is 61.8 Å². The van der Waals surface area contributed by atoms with Crippen molar-refractivity contribution in [3.63, 3.8) is 0 Å². The van der Waals surface area contributed by atoms with Crippen molar-refractivity contribution in [1.82, 2.24) is 10.2 Å². The molecule has 1 saturated heterocycles. The summed E-state index contributed by atoms with van der Waals surface area (Å²) >= 11 is 0. The third-order valence-corrected chi connectivity index (χ3v) is 6.02. The normalized spacial score (nSPS) is 24.8. The first-order chi connectivity index (χ1) is 12.1. The van der Waals surface area contributed by atoms with Crippen molar-refractivity contribution in [3.05, 3.63) is 35.4 Å². The summed E-state index contributed by atoms with van der Waals surface area (Å²) in [5.74, 6) is 0. The van der Waals surface area contributed by atoms with Crippen molar-refractivity contribution in [2.45, 2.75) is 58.3 Å². The molecule has 25 heavy (non-hydrogen) atoms. The smallest absolute Gasteiger partial charge is 0.317 e. The fourth-order valence-corrected chi connectivity index (χ4v) is 4.30. The lowest BCUT2D eigenvalue weighted by Crippen LogP contribution is -2.63. The number of hydrogen-bond acceptors (Lipinski definition) is 3. The lowest BCUT2D eigenvalue weighted by atomic mass is 9.58. The molecule has 1 aliphatic carbocycles. The largest absolute Gasteiger partial charge is 0.392 e. The maximum absolute atomic E-state index is 12.5. The van der Waals surface area contributed by atoms with E-state index in [0.29, 0.717) is 26.2 Å². The van der Waals surface area contributed by atoms with Crippen molar-refractivity contribution in [1.29, 1.82) is 0 Å². The molecule has 1 spiro atoms. The predicted molar refractivity (Wildman–Crippen MR) is 97.3 cm³/mol. The van der Waals surface area contributed by atoms with E-state index >= 15 is 0 Å². The van der Waals surface area contributed by atoms with E-state index in [1.807, 2.05) is 24.0 Å². The predicted octanol–water partition coefficient (Wildman–Crippen LogP) is 2.71. The Morgan fingerprint density at radius 2 is 1.96 bits per heavy atom. The summed E-state index contributed by atoms with van der Waals surface area (Å²) in [4.78, 5) is 14.4. The molecule has 2 atom stereocenters. The highest BCUT2D eigenvalue weighted by molar-refractivity contribution is 5.74. The number of likely N-dealkylation sites (tertiary alicyclic amines) is 1. The SMILES string of the molecule is CCO[C@@H]1C[C@H](O)C12CCN(C(=O)NCc1ccccc1CC)CC2. The molecule has 1 aliphatic heterocycles. The van der Waals surface area contributed by atoms with E-state index < -0.39 is 0 Å². The minimum Gasteiger partial charge on any atom is -0.392 e. The van der Waals surface area contributed by atoms with Gasteiger partial charge < -0.3 is 20.1 Å². The van der Waals surface area contributed by atoms with Gasteiger partial charge >= 0.3 is 6.03 Å². The number of ether oxygens (including phenoxy) is 1. The van der Waals surface area contributed by atoms with Gasteiger partial charge in [0.2, 0.25) is 0 Å². The molecule has 0 unspecified atom stereocenters. The Morgan fingerprint density at radius 1 is 1.28 bits per heavy atom. The van der Waals surface area contributed by atoms with Crippen molar-refractivity contribution < 1.29 is 14.6 Å². The Kier molecular flexibility index (Phi) is 5.64. The van der Waals surface area contributed by atoms with Crippen LogP contribution in [0.2, 0.25) is 0 Å². The van der Waals surface area contributed by atoms with Crippen molar-refractivity contribution in [2.75, 3.05) is 19.7 Å². The minimum absolute atomic E-state index is 0.0115. The van der Waals surface area contributed by atoms with Gasteiger partial charge in [-0.3, -0.25) is 0 Å². The van der Waals surface area contributed by atoms with Crippen LogP contribution in [0.25, 0.3) is 0 Å². The van der Waals surface area contributed by atoms with Crippen LogP contribution in [0.5, 0.6) is 0 Å². The quantitative estimate of drug-likeness (QED) is 0.862. The summed E-state index contributed by atoms with van der Waals surface area (Å²) in [5.41, 5.74) is 2.32. The van der Waals surface area contributed by atoms with Crippen LogP contribution < -0.4 is 5.32 Å². The average molecular weight is 346 g/mol. The number of piperidine rings is 1. The van der Waals surface area contributed by atoms with Gasteiger partial charge in [-0.25, -0.2) is 4.79 Å². The second-order valence-corrected chi connectivity index (χ2v) is 7.20. The molecular weight excluding hydrogens is 316 g/mol. The molecule has 1 aromatic carbocycles. The van der Waals surface area contributed by atoms with Crippen LogP contribution in [0.15, 0.2) is 24.3 Å². The van der Waals surface area contributed by atoms with Gasteiger partial charge in [0, 0.05) is 38.1 Å². The van der Waals surface area contributed by atoms with E-state index in [1.54, 1.807) is 0 Å². The van der Waals surface area contributed by atoms with Crippen LogP contribution in [0.4, 0.5) is 4.79 Å². The average Bonchev–Trinajstić information content (AvgIpc) is 2.66. The molecule has 1 aromatic rings. The van der Waals surface area contributed by atoms with Gasteiger partial charge in [0.15, 0.2) is 0 Å². The molecule has 5 nitrogen and oxygen atoms in total. The number of benzene rings is 1. The molecule has 2 N–H and O–H groups in total. The minimum atomic E-state index is -0.286. The fourth-order valence-electron chi connectivity index (χ4n) is 4.30. The molecule has 1 saturated carbocycles. The Hall–Kier alpha value is -1.59. The van der Waals surface area contributed by atoms with Crippen LogP contribution in [0.3, 0.4) is 0 Å². The second kappa shape index (κ2) is 7.75. The zero-order valence-electron chi connectivity index (χ0n) is 15.3. The first kappa shape index (κ1) is 18.2. The standard InChI is InChI=1S/C20H30N2O3/c1-3-15-7-5-6-8-16(15)14-21-19(24)22-11-9-20(10-12-22)17(23)13-18(20)25-4-2/h5-8,17-18,23H,3-4,9-14H2,1-2H3,(H,21,24)/t17-,18+/m0/s1. The third-order valence-electron chi connectivity index (χ3n) is 6.02. The maximum atomic E-state index is 12.5. The van der Waals surface area contributed by atoms with E-state index in [-0.39, 0.29) is 23.7 Å². The van der Waals surface area contributed by atoms with E-state index in [1.165, 1.54) is 11.1 Å². The highest BCUT2D eigenvalue weighted by Crippen LogP contribution is 2.50. The summed E-state index contributed by atoms with van der Waals surface area (Å²) < 4.78 is 5.79. The maximum Gasteiger partial charge on any atom is 0.317 e. The number of hydrogen-bond donors (Lipinski definition) is 2. The van der Waals surface area contributed by atoms with Crippen molar-refractivity contribution in [3.8, 4) is 0 Å². The van der Waals surface area contributed by atoms with Crippen molar-refractivity contribution in [2.24, 2.45) is 5.41 Å². The van der Waals surface area contributed by atoms with E-state index in [4.69, 9.17) is 4.74 Å². The molecule has 2 fully saturated rings. The number of aliphatic hydroxyl groups excluding tert-OH is 1. The molecule has 3 rings (SSSR count). The van der Waals surface area contributed by atoms with Gasteiger partial charge in [0.25, 0.3) is 0 Å². The van der Waals surface area contributed by atoms with Crippen LogP contribution in [-0.2, 0) is 17.7 Å². The highest BCUT2D eigenvalue weighted by Gasteiger charge is 2.56. The molecule has 138 valence electrons. The number of aryl methyl sites for hydroxylation is 1. The Bertz CT molecular complexity index is 594. The van der Waals surface area contributed by atoms with E-state index in [0.717, 1.165) is 25.7 Å². The summed E-state index contributed by atoms with van der Waals surface area (Å²) in [7, 11) is 0. The number of nitrogens with one attached hydrogen (secondary N) is 1. The lowest BCUT2D eigenvalue weighted by molar-refractivity contribution is -0.207. The molecule has 2 amide bonds. The zero-order valence-corrected chi connectivity index (χ0v) is 15.3. The highest BCUT2D eigenvalue weighted by atomic mass is 16.5. The van der Waals surface area contributed by atoms with Gasteiger partial charge in [0.1, 0.15) is 0 Å². The second-order valence-electron chi connectivity index (χ2n) is 7.20. The summed E-state index contributed by atoms with van der Waals surface area (Å²) in [5, 5.41) is 13.3. The Balaban J connectivity index is 1.52. The number of amides is 2. The molecule has 1 heterocycles. The van der Waals surface area contributed by atoms with Crippen molar-refractivity contribution >= 4 is 6.03 Å². The van der Waals surface area contributed by atoms with Gasteiger partial charge in [-0.05, 0) is 37.3 Å². The van der Waals surface area contributed by atoms with Gasteiger partial charge in [-0.15, -0.1) is 0 Å². The lowest BCUT2D eigenvalue weighted by Gasteiger charge is -2.56. The molecule has 0 aromatic heterocycles. The first-order valence-electron chi connectivity index (χ1n) is 9.50. The number of aliphatic hydroxyl groups is 1. The van der Waals surface area contributed by atoms with Gasteiger partial charge in [0.05, 0.1) is 12.2 Å². The van der Waals surface area contributed by atoms with Crippen LogP contribution in [0.1, 0.15) is 44.2 Å². The molecule has 2 aliphatic rings. The molecule has 5 heteroatoms. The Morgan fingerprint density at radius 3 is 2.56 bits per heavy atom. The first-order valence-corrected chi connectivity index (χ1v) is 9.50. The van der Waals surface area contributed by atoms with E-state index in [9.17, 15) is 9.90 Å². The van der Waals surface area contributed by atoms with Gasteiger partial charge in [-0.1, -0.05) is 31.2 Å². The summed E-state index contributed by atoms with van der Waals surface area (Å²) in [6.45, 7) is 6.73. The number of urea groups is 1. The molecule has 0 bridgehead atoms. The summed E-state index contributed by atoms with van der Waals surface area (Å²) in [6, 6.07) is 8.21. The van der Waals surface area contributed by atoms with Crippen LogP contribution in [0, 0.1) is 5.41 Å². The molecule has 0 radical (unpaired) electrons. The van der Waals surface area contributed by atoms with E-state index in [2.05, 4.69) is 24.4 Å². The number of carbonyl (C=O) groups is 1. The molecular formula is C20H30N2O3. The van der Waals surface area contributed by atoms with Crippen LogP contribution in [-0.4, -0.2) is 47.9 Å². The summed E-state index contributed by atoms with van der Waals surface area (Å²) in [6.07, 6.45) is 3.19. The third kappa shape index (κ3) is 3.53. The monoisotopic (exact) mass is 346 g/mol. The van der Waals surface area contributed by atoms with Crippen LogP contribution >= 0.6 is 0 Å². The number of nitrogens with zero attached hydrogens (tertiary/aromatic N) is 1. The fraction of sp³-hybridized carbons (Fsp3) is 0.650. The number of carbonyl (C=O) groups excluding carboxylic acids is 1.